The van der Waals surface area contributed by atoms with Crippen molar-refractivity contribution in [2.45, 2.75) is 12.8 Å². The Hall–Kier alpha value is -0.650. The van der Waals surface area contributed by atoms with Crippen LogP contribution in [-0.2, 0) is 19.8 Å². The van der Waals surface area contributed by atoms with E-state index in [1.807, 2.05) is 0 Å². The highest BCUT2D eigenvalue weighted by molar-refractivity contribution is 7.86. The predicted molar refractivity (Wildman–Crippen MR) is 43.1 cm³/mol. The first kappa shape index (κ1) is 10.4. The van der Waals surface area contributed by atoms with Crippen molar-refractivity contribution in [3.8, 4) is 0 Å². The van der Waals surface area contributed by atoms with E-state index in [1.165, 1.54) is 7.11 Å². The van der Waals surface area contributed by atoms with Gasteiger partial charge < -0.3 is 4.74 Å². The Balaban J connectivity index is 2.51. The van der Waals surface area contributed by atoms with Crippen LogP contribution in [0.1, 0.15) is 12.8 Å². The van der Waals surface area contributed by atoms with E-state index in [4.69, 9.17) is 0 Å². The normalized spacial score (nSPS) is 27.8. The van der Waals surface area contributed by atoms with E-state index in [-0.39, 0.29) is 0 Å². The van der Waals surface area contributed by atoms with Crippen molar-refractivity contribution >= 4 is 16.2 Å². The van der Waals surface area contributed by atoms with E-state index in [0.29, 0.717) is 12.8 Å². The molecule has 0 aromatic rings. The van der Waals surface area contributed by atoms with Crippen LogP contribution in [0.4, 0.5) is 3.89 Å². The maximum absolute atomic E-state index is 12.2. The SMILES string of the molecule is COC(=O)[C@@H]1CC[C@@H]1CS(=O)(=O)F. The Morgan fingerprint density at radius 1 is 1.54 bits per heavy atom. The van der Waals surface area contributed by atoms with Gasteiger partial charge in [0.15, 0.2) is 0 Å². The zero-order valence-electron chi connectivity index (χ0n) is 7.20. The van der Waals surface area contributed by atoms with Crippen LogP contribution in [-0.4, -0.2) is 27.2 Å². The van der Waals surface area contributed by atoms with Gasteiger partial charge in [0, 0.05) is 0 Å². The van der Waals surface area contributed by atoms with Gasteiger partial charge in [-0.2, -0.15) is 8.42 Å². The smallest absolute Gasteiger partial charge is 0.308 e. The first-order valence-corrected chi connectivity index (χ1v) is 5.49. The largest absolute Gasteiger partial charge is 0.469 e. The van der Waals surface area contributed by atoms with Crippen LogP contribution >= 0.6 is 0 Å². The number of carbonyl (C=O) groups excluding carboxylic acids is 1. The lowest BCUT2D eigenvalue weighted by atomic mass is 9.75. The molecule has 13 heavy (non-hydrogen) atoms. The van der Waals surface area contributed by atoms with Crippen molar-refractivity contribution in [2.75, 3.05) is 12.9 Å². The fraction of sp³-hybridized carbons (Fsp3) is 0.857. The maximum Gasteiger partial charge on any atom is 0.308 e. The van der Waals surface area contributed by atoms with Crippen LogP contribution in [0.5, 0.6) is 0 Å². The summed E-state index contributed by atoms with van der Waals surface area (Å²) < 4.78 is 37.2. The molecule has 0 amide bonds. The van der Waals surface area contributed by atoms with Gasteiger partial charge in [0.1, 0.15) is 0 Å². The minimum atomic E-state index is -4.47. The Morgan fingerprint density at radius 3 is 2.46 bits per heavy atom. The number of hydrogen-bond donors (Lipinski definition) is 0. The summed E-state index contributed by atoms with van der Waals surface area (Å²) in [4.78, 5) is 11.0. The van der Waals surface area contributed by atoms with Gasteiger partial charge in [0.2, 0.25) is 0 Å². The van der Waals surface area contributed by atoms with Crippen molar-refractivity contribution in [1.82, 2.24) is 0 Å². The third-order valence-electron chi connectivity index (χ3n) is 2.33. The summed E-state index contributed by atoms with van der Waals surface area (Å²) in [5.74, 6) is -1.84. The maximum atomic E-state index is 12.2. The lowest BCUT2D eigenvalue weighted by molar-refractivity contribution is -0.150. The van der Waals surface area contributed by atoms with E-state index >= 15 is 0 Å². The van der Waals surface area contributed by atoms with E-state index in [9.17, 15) is 17.1 Å². The zero-order chi connectivity index (χ0) is 10.1. The molecule has 0 heterocycles. The molecule has 0 aliphatic heterocycles. The minimum Gasteiger partial charge on any atom is -0.469 e. The second-order valence-corrected chi connectivity index (χ2v) is 4.58. The number of rotatable bonds is 3. The number of ether oxygens (including phenoxy) is 1. The molecule has 0 aromatic heterocycles. The molecule has 0 N–H and O–H groups in total. The summed E-state index contributed by atoms with van der Waals surface area (Å²) in [5, 5.41) is 0. The Bertz CT molecular complexity index is 298. The van der Waals surface area contributed by atoms with E-state index in [2.05, 4.69) is 4.74 Å². The van der Waals surface area contributed by atoms with Crippen LogP contribution < -0.4 is 0 Å². The summed E-state index contributed by atoms with van der Waals surface area (Å²) in [6, 6.07) is 0. The number of esters is 1. The zero-order valence-corrected chi connectivity index (χ0v) is 8.01. The first-order valence-electron chi connectivity index (χ1n) is 3.94. The van der Waals surface area contributed by atoms with Crippen LogP contribution in [0.2, 0.25) is 0 Å². The summed E-state index contributed by atoms with van der Waals surface area (Å²) in [6.07, 6.45) is 1.16. The third kappa shape index (κ3) is 2.65. The van der Waals surface area contributed by atoms with Gasteiger partial charge in [-0.15, -0.1) is 3.89 Å². The quantitative estimate of drug-likeness (QED) is 0.502. The van der Waals surface area contributed by atoms with E-state index in [0.717, 1.165) is 0 Å². The molecular weight excluding hydrogens is 199 g/mol. The van der Waals surface area contributed by atoms with Crippen molar-refractivity contribution < 1.29 is 21.8 Å². The van der Waals surface area contributed by atoms with Crippen molar-refractivity contribution in [3.63, 3.8) is 0 Å². The number of hydrogen-bond acceptors (Lipinski definition) is 4. The summed E-state index contributed by atoms with van der Waals surface area (Å²) in [7, 11) is -3.23. The van der Waals surface area contributed by atoms with Gasteiger partial charge >= 0.3 is 16.2 Å². The van der Waals surface area contributed by atoms with Gasteiger partial charge in [-0.25, -0.2) is 0 Å². The molecule has 0 saturated heterocycles. The van der Waals surface area contributed by atoms with Gasteiger partial charge in [0.25, 0.3) is 0 Å². The fourth-order valence-electron chi connectivity index (χ4n) is 1.49. The monoisotopic (exact) mass is 210 g/mol. The van der Waals surface area contributed by atoms with Crippen LogP contribution in [0.25, 0.3) is 0 Å². The summed E-state index contributed by atoms with van der Waals surface area (Å²) in [6.45, 7) is 0. The predicted octanol–water partition coefficient (Wildman–Crippen LogP) is 0.485. The highest BCUT2D eigenvalue weighted by Gasteiger charge is 2.39. The first-order chi connectivity index (χ1) is 5.94. The van der Waals surface area contributed by atoms with Gasteiger partial charge in [0.05, 0.1) is 18.8 Å². The second kappa shape index (κ2) is 3.61. The Morgan fingerprint density at radius 2 is 2.15 bits per heavy atom. The topological polar surface area (TPSA) is 60.4 Å². The molecule has 1 rings (SSSR count). The van der Waals surface area contributed by atoms with Crippen molar-refractivity contribution in [1.29, 1.82) is 0 Å². The van der Waals surface area contributed by atoms with Crippen LogP contribution in [0.3, 0.4) is 0 Å². The molecule has 1 aliphatic rings. The molecule has 2 atom stereocenters. The summed E-state index contributed by atoms with van der Waals surface area (Å²) in [5.41, 5.74) is 0. The van der Waals surface area contributed by atoms with Crippen molar-refractivity contribution in [3.05, 3.63) is 0 Å². The fourth-order valence-corrected chi connectivity index (χ4v) is 2.40. The molecule has 0 aromatic carbocycles. The lowest BCUT2D eigenvalue weighted by Crippen LogP contribution is -2.37. The number of carbonyl (C=O) groups is 1. The molecular formula is C7H11FO4S. The average molecular weight is 210 g/mol. The highest BCUT2D eigenvalue weighted by Crippen LogP contribution is 2.36. The second-order valence-electron chi connectivity index (χ2n) is 3.17. The third-order valence-corrected chi connectivity index (χ3v) is 3.16. The lowest BCUT2D eigenvalue weighted by Gasteiger charge is -2.32. The number of methoxy groups -OCH3 is 1. The molecule has 0 radical (unpaired) electrons. The molecule has 4 nitrogen and oxygen atoms in total. The highest BCUT2D eigenvalue weighted by atomic mass is 32.3. The van der Waals surface area contributed by atoms with E-state index < -0.39 is 33.8 Å². The standard InChI is InChI=1S/C7H11FO4S/c1-12-7(9)6-3-2-5(6)4-13(8,10)11/h5-6H,2-4H2,1H3/t5-,6-/m1/s1. The van der Waals surface area contributed by atoms with Crippen LogP contribution in [0.15, 0.2) is 0 Å². The molecule has 1 aliphatic carbocycles. The minimum absolute atomic E-state index is 0.401. The molecule has 1 fully saturated rings. The molecule has 0 spiro atoms. The average Bonchev–Trinajstić information content (AvgIpc) is 1.96. The molecule has 6 heteroatoms. The molecule has 1 saturated carbocycles. The number of halogens is 1. The Labute approximate surface area is 76.3 Å². The van der Waals surface area contributed by atoms with Gasteiger partial charge in [-0.1, -0.05) is 0 Å². The van der Waals surface area contributed by atoms with Gasteiger partial charge in [-0.3, -0.25) is 4.79 Å². The van der Waals surface area contributed by atoms with Crippen molar-refractivity contribution in [2.24, 2.45) is 11.8 Å². The summed E-state index contributed by atoms with van der Waals surface area (Å²) >= 11 is 0. The van der Waals surface area contributed by atoms with Crippen LogP contribution in [0, 0.1) is 11.8 Å². The van der Waals surface area contributed by atoms with Gasteiger partial charge in [-0.05, 0) is 18.8 Å². The van der Waals surface area contributed by atoms with E-state index in [1.54, 1.807) is 0 Å². The molecule has 76 valence electrons. The molecule has 0 unspecified atom stereocenters. The molecule has 0 bridgehead atoms. The Kier molecular flexibility index (Phi) is 2.90.